The number of ether oxygens (including phenoxy) is 1. The van der Waals surface area contributed by atoms with Crippen molar-refractivity contribution in [2.24, 2.45) is 5.41 Å². The number of aryl methyl sites for hydroxylation is 2. The molecule has 1 aliphatic rings. The minimum atomic E-state index is -0.0644. The van der Waals surface area contributed by atoms with Gasteiger partial charge >= 0.3 is 0 Å². The number of methoxy groups -OCH3 is 1. The molecule has 1 amide bonds. The van der Waals surface area contributed by atoms with Crippen molar-refractivity contribution < 1.29 is 9.53 Å². The molecule has 2 heterocycles. The Hall–Kier alpha value is -3.28. The van der Waals surface area contributed by atoms with Gasteiger partial charge in [0, 0.05) is 36.1 Å². The molecule has 172 valence electrons. The first-order valence-corrected chi connectivity index (χ1v) is 11.5. The highest BCUT2D eigenvalue weighted by atomic mass is 16.5. The lowest BCUT2D eigenvalue weighted by Crippen LogP contribution is -2.37. The Morgan fingerprint density at radius 2 is 2.00 bits per heavy atom. The average Bonchev–Trinajstić information content (AvgIpc) is 2.79. The van der Waals surface area contributed by atoms with Crippen molar-refractivity contribution in [2.45, 2.75) is 58.9 Å². The van der Waals surface area contributed by atoms with Gasteiger partial charge in [0.15, 0.2) is 5.82 Å². The van der Waals surface area contributed by atoms with Crippen LogP contribution in [0.1, 0.15) is 61.5 Å². The van der Waals surface area contributed by atoms with Gasteiger partial charge in [0.25, 0.3) is 0 Å². The Balaban J connectivity index is 1.42. The van der Waals surface area contributed by atoms with Crippen LogP contribution in [0.5, 0.6) is 5.75 Å². The number of carbonyl (C=O) groups excluding carboxylic acids is 1. The number of hydrogen-bond acceptors (Lipinski definition) is 5. The number of nitrogens with one attached hydrogen (secondary N) is 1. The van der Waals surface area contributed by atoms with Gasteiger partial charge in [0.1, 0.15) is 5.75 Å². The quantitative estimate of drug-likeness (QED) is 0.554. The van der Waals surface area contributed by atoms with Crippen LogP contribution in [0.2, 0.25) is 0 Å². The highest BCUT2D eigenvalue weighted by Gasteiger charge is 2.34. The molecule has 2 aromatic heterocycles. The molecule has 6 heteroatoms. The van der Waals surface area contributed by atoms with Gasteiger partial charge in [0.05, 0.1) is 18.8 Å². The summed E-state index contributed by atoms with van der Waals surface area (Å²) >= 11 is 0. The number of carbonyl (C=O) groups is 1. The van der Waals surface area contributed by atoms with Crippen LogP contribution in [-0.4, -0.2) is 28.0 Å². The van der Waals surface area contributed by atoms with E-state index >= 15 is 0 Å². The molecule has 0 fully saturated rings. The molecule has 0 saturated heterocycles. The number of pyridine rings is 1. The smallest absolute Gasteiger partial charge is 0.220 e. The van der Waals surface area contributed by atoms with Gasteiger partial charge in [-0.3, -0.25) is 9.78 Å². The van der Waals surface area contributed by atoms with Gasteiger partial charge in [-0.25, -0.2) is 9.97 Å². The third-order valence-corrected chi connectivity index (χ3v) is 6.35. The Kier molecular flexibility index (Phi) is 6.72. The molecule has 6 nitrogen and oxygen atoms in total. The maximum absolute atomic E-state index is 12.8. The summed E-state index contributed by atoms with van der Waals surface area (Å²) in [6.45, 7) is 6.55. The number of aromatic nitrogens is 3. The topological polar surface area (TPSA) is 77.0 Å². The molecule has 1 unspecified atom stereocenters. The minimum absolute atomic E-state index is 0.0506. The normalized spacial score (nSPS) is 16.7. The summed E-state index contributed by atoms with van der Waals surface area (Å²) in [6.07, 6.45) is 9.30. The number of benzene rings is 1. The summed E-state index contributed by atoms with van der Waals surface area (Å²) in [6, 6.07) is 9.87. The fourth-order valence-electron chi connectivity index (χ4n) is 4.60. The molecule has 0 spiro atoms. The molecule has 0 aliphatic heterocycles. The predicted octanol–water partition coefficient (Wildman–Crippen LogP) is 5.01. The van der Waals surface area contributed by atoms with E-state index in [4.69, 9.17) is 9.72 Å². The summed E-state index contributed by atoms with van der Waals surface area (Å²) in [7, 11) is 1.68. The molecule has 1 atom stereocenters. The van der Waals surface area contributed by atoms with E-state index in [2.05, 4.69) is 42.1 Å². The second-order valence-electron chi connectivity index (χ2n) is 9.64. The second kappa shape index (κ2) is 9.69. The van der Waals surface area contributed by atoms with Gasteiger partial charge in [-0.2, -0.15) is 0 Å². The fourth-order valence-corrected chi connectivity index (χ4v) is 4.60. The van der Waals surface area contributed by atoms with E-state index in [0.717, 1.165) is 48.3 Å². The lowest BCUT2D eigenvalue weighted by Gasteiger charge is -2.36. The van der Waals surface area contributed by atoms with Crippen LogP contribution in [0.15, 0.2) is 48.9 Å². The zero-order valence-electron chi connectivity index (χ0n) is 19.9. The van der Waals surface area contributed by atoms with E-state index in [0.29, 0.717) is 12.2 Å². The first-order valence-electron chi connectivity index (χ1n) is 11.5. The lowest BCUT2D eigenvalue weighted by atomic mass is 9.74. The Labute approximate surface area is 195 Å². The average molecular weight is 445 g/mol. The maximum Gasteiger partial charge on any atom is 0.220 e. The fraction of sp³-hybridized carbons (Fsp3) is 0.407. The maximum atomic E-state index is 12.8. The molecule has 1 aliphatic carbocycles. The predicted molar refractivity (Wildman–Crippen MR) is 129 cm³/mol. The summed E-state index contributed by atoms with van der Waals surface area (Å²) in [5.41, 5.74) is 5.50. The first-order chi connectivity index (χ1) is 15.8. The zero-order chi connectivity index (χ0) is 23.4. The number of rotatable bonds is 7. The summed E-state index contributed by atoms with van der Waals surface area (Å²) in [5, 5.41) is 3.26. The van der Waals surface area contributed by atoms with Crippen molar-refractivity contribution in [3.8, 4) is 17.1 Å². The Bertz CT molecular complexity index is 1130. The molecule has 3 aromatic rings. The van der Waals surface area contributed by atoms with Crippen LogP contribution in [0.3, 0.4) is 0 Å². The van der Waals surface area contributed by atoms with Crippen molar-refractivity contribution in [2.75, 3.05) is 7.11 Å². The summed E-state index contributed by atoms with van der Waals surface area (Å²) < 4.78 is 5.28. The Morgan fingerprint density at radius 3 is 2.73 bits per heavy atom. The third-order valence-electron chi connectivity index (χ3n) is 6.35. The van der Waals surface area contributed by atoms with Gasteiger partial charge in [-0.1, -0.05) is 19.9 Å². The minimum Gasteiger partial charge on any atom is -0.497 e. The van der Waals surface area contributed by atoms with E-state index in [9.17, 15) is 4.79 Å². The monoisotopic (exact) mass is 444 g/mol. The summed E-state index contributed by atoms with van der Waals surface area (Å²) in [4.78, 5) is 26.3. The highest BCUT2D eigenvalue weighted by molar-refractivity contribution is 5.76. The van der Waals surface area contributed by atoms with E-state index in [1.807, 2.05) is 30.5 Å². The molecule has 33 heavy (non-hydrogen) atoms. The van der Waals surface area contributed by atoms with E-state index in [1.165, 1.54) is 11.1 Å². The van der Waals surface area contributed by atoms with Gasteiger partial charge in [-0.05, 0) is 73.4 Å². The van der Waals surface area contributed by atoms with E-state index < -0.39 is 0 Å². The van der Waals surface area contributed by atoms with Crippen molar-refractivity contribution >= 4 is 5.91 Å². The lowest BCUT2D eigenvalue weighted by molar-refractivity contribution is -0.122. The van der Waals surface area contributed by atoms with E-state index in [1.54, 1.807) is 19.5 Å². The van der Waals surface area contributed by atoms with Gasteiger partial charge < -0.3 is 10.1 Å². The SMILES string of the molecule is COc1ccc(CCCC(=O)NC2CC(C)(C)Cc3nc(-c4ccncc4)ncc32)c(C)c1. The van der Waals surface area contributed by atoms with Crippen LogP contribution in [0.4, 0.5) is 0 Å². The van der Waals surface area contributed by atoms with Gasteiger partial charge in [0.2, 0.25) is 5.91 Å². The van der Waals surface area contributed by atoms with Crippen molar-refractivity contribution in [1.82, 2.24) is 20.3 Å². The first kappa shape index (κ1) is 22.9. The third kappa shape index (κ3) is 5.56. The molecule has 0 radical (unpaired) electrons. The Morgan fingerprint density at radius 1 is 1.21 bits per heavy atom. The van der Waals surface area contributed by atoms with E-state index in [-0.39, 0.29) is 17.4 Å². The zero-order valence-corrected chi connectivity index (χ0v) is 19.9. The number of amides is 1. The van der Waals surface area contributed by atoms with Gasteiger partial charge in [-0.15, -0.1) is 0 Å². The summed E-state index contributed by atoms with van der Waals surface area (Å²) in [5.74, 6) is 1.64. The van der Waals surface area contributed by atoms with Crippen LogP contribution >= 0.6 is 0 Å². The molecule has 1 N–H and O–H groups in total. The molecular formula is C27H32N4O2. The number of nitrogens with zero attached hydrogens (tertiary/aromatic N) is 3. The molecule has 4 rings (SSSR count). The van der Waals surface area contributed by atoms with Crippen molar-refractivity contribution in [1.29, 1.82) is 0 Å². The number of fused-ring (bicyclic) bond motifs is 1. The van der Waals surface area contributed by atoms with Crippen LogP contribution in [0, 0.1) is 12.3 Å². The molecule has 0 saturated carbocycles. The second-order valence-corrected chi connectivity index (χ2v) is 9.64. The molecular weight excluding hydrogens is 412 g/mol. The van der Waals surface area contributed by atoms with Crippen molar-refractivity contribution in [3.63, 3.8) is 0 Å². The van der Waals surface area contributed by atoms with Crippen LogP contribution in [-0.2, 0) is 17.6 Å². The van der Waals surface area contributed by atoms with Crippen molar-refractivity contribution in [3.05, 3.63) is 71.3 Å². The molecule has 1 aromatic carbocycles. The highest BCUT2D eigenvalue weighted by Crippen LogP contribution is 2.40. The molecule has 0 bridgehead atoms. The van der Waals surface area contributed by atoms with Crippen LogP contribution in [0.25, 0.3) is 11.4 Å². The number of hydrogen-bond donors (Lipinski definition) is 1. The van der Waals surface area contributed by atoms with Crippen LogP contribution < -0.4 is 10.1 Å². The largest absolute Gasteiger partial charge is 0.497 e. The standard InChI is InChI=1S/C27H32N4O2/c1-18-14-21(33-4)9-8-19(18)6-5-7-25(32)30-23-15-27(2,3)16-24-22(23)17-29-26(31-24)20-10-12-28-13-11-20/h8-14,17,23H,5-7,15-16H2,1-4H3,(H,30,32).